The first-order valence-electron chi connectivity index (χ1n) is 10.1. The topological polar surface area (TPSA) is 79.8 Å². The third kappa shape index (κ3) is 5.90. The number of nitrogens with zero attached hydrogens (tertiary/aromatic N) is 4. The molecule has 0 radical (unpaired) electrons. The highest BCUT2D eigenvalue weighted by Crippen LogP contribution is 2.26. The lowest BCUT2D eigenvalue weighted by atomic mass is 9.96. The van der Waals surface area contributed by atoms with Gasteiger partial charge in [0, 0.05) is 44.8 Å². The predicted molar refractivity (Wildman–Crippen MR) is 108 cm³/mol. The van der Waals surface area contributed by atoms with Crippen molar-refractivity contribution in [2.75, 3.05) is 64.1 Å². The smallest absolute Gasteiger partial charge is 0.317 e. The maximum Gasteiger partial charge on any atom is 0.317 e. The monoisotopic (exact) mass is 389 g/mol. The van der Waals surface area contributed by atoms with Crippen molar-refractivity contribution in [3.63, 3.8) is 0 Å². The Morgan fingerprint density at radius 1 is 1.29 bits per heavy atom. The molecule has 1 aromatic heterocycles. The standard InChI is InChI=1S/C20H31N5O3/c1-2-3-13-27-14-8-22-20(26)25-9-5-17(6-10-25)19-21-7-4-18(23-19)24-11-15-28-16-12-24/h2,4,7,17H,1,3,5-6,8-16H2,(H,22,26). The van der Waals surface area contributed by atoms with Crippen LogP contribution in [0.4, 0.5) is 10.6 Å². The molecule has 2 amide bonds. The van der Waals surface area contributed by atoms with Gasteiger partial charge >= 0.3 is 6.03 Å². The van der Waals surface area contributed by atoms with E-state index in [4.69, 9.17) is 14.5 Å². The van der Waals surface area contributed by atoms with Crippen LogP contribution in [0.3, 0.4) is 0 Å². The predicted octanol–water partition coefficient (Wildman–Crippen LogP) is 1.79. The molecule has 28 heavy (non-hydrogen) atoms. The Kier molecular flexibility index (Phi) is 8.05. The molecule has 0 bridgehead atoms. The number of aromatic nitrogens is 2. The number of likely N-dealkylation sites (tertiary alicyclic amines) is 1. The number of carbonyl (C=O) groups excluding carboxylic acids is 1. The molecule has 2 saturated heterocycles. The van der Waals surface area contributed by atoms with Crippen LogP contribution < -0.4 is 10.2 Å². The van der Waals surface area contributed by atoms with Crippen LogP contribution in [0, 0.1) is 0 Å². The summed E-state index contributed by atoms with van der Waals surface area (Å²) in [5.41, 5.74) is 0. The number of hydrogen-bond donors (Lipinski definition) is 1. The van der Waals surface area contributed by atoms with Crippen LogP contribution in [0.2, 0.25) is 0 Å². The Bertz CT molecular complexity index is 628. The Balaban J connectivity index is 1.42. The van der Waals surface area contributed by atoms with Crippen molar-refractivity contribution in [3.8, 4) is 0 Å². The molecule has 0 unspecified atom stereocenters. The molecule has 0 spiro atoms. The summed E-state index contributed by atoms with van der Waals surface area (Å²) in [5.74, 6) is 2.16. The molecule has 0 aliphatic carbocycles. The van der Waals surface area contributed by atoms with Crippen molar-refractivity contribution in [2.45, 2.75) is 25.2 Å². The lowest BCUT2D eigenvalue weighted by molar-refractivity contribution is 0.122. The largest absolute Gasteiger partial charge is 0.379 e. The van der Waals surface area contributed by atoms with Crippen LogP contribution in [0.15, 0.2) is 24.9 Å². The Morgan fingerprint density at radius 2 is 2.07 bits per heavy atom. The number of ether oxygens (including phenoxy) is 2. The highest BCUT2D eigenvalue weighted by Gasteiger charge is 2.26. The van der Waals surface area contributed by atoms with Crippen molar-refractivity contribution >= 4 is 11.8 Å². The summed E-state index contributed by atoms with van der Waals surface area (Å²) in [4.78, 5) is 25.7. The van der Waals surface area contributed by atoms with E-state index in [1.807, 2.05) is 23.2 Å². The van der Waals surface area contributed by atoms with E-state index in [0.29, 0.717) is 25.7 Å². The number of urea groups is 1. The van der Waals surface area contributed by atoms with E-state index in [2.05, 4.69) is 21.8 Å². The van der Waals surface area contributed by atoms with Gasteiger partial charge in [-0.3, -0.25) is 0 Å². The molecule has 3 rings (SSSR count). The van der Waals surface area contributed by atoms with E-state index >= 15 is 0 Å². The fourth-order valence-electron chi connectivity index (χ4n) is 3.48. The molecule has 0 saturated carbocycles. The van der Waals surface area contributed by atoms with Crippen molar-refractivity contribution < 1.29 is 14.3 Å². The van der Waals surface area contributed by atoms with Gasteiger partial charge in [0.15, 0.2) is 0 Å². The lowest BCUT2D eigenvalue weighted by Gasteiger charge is -2.32. The molecule has 0 atom stereocenters. The molecule has 2 aliphatic heterocycles. The second kappa shape index (κ2) is 11.0. The van der Waals surface area contributed by atoms with E-state index in [-0.39, 0.29) is 6.03 Å². The van der Waals surface area contributed by atoms with Gasteiger partial charge in [-0.25, -0.2) is 14.8 Å². The van der Waals surface area contributed by atoms with Gasteiger partial charge in [-0.2, -0.15) is 0 Å². The Hall–Kier alpha value is -2.19. The van der Waals surface area contributed by atoms with Crippen molar-refractivity contribution in [1.29, 1.82) is 0 Å². The minimum atomic E-state index is -0.0197. The molecule has 1 aromatic rings. The first-order chi connectivity index (χ1) is 13.8. The van der Waals surface area contributed by atoms with Crippen molar-refractivity contribution in [2.24, 2.45) is 0 Å². The Labute approximate surface area is 166 Å². The fourth-order valence-corrected chi connectivity index (χ4v) is 3.48. The van der Waals surface area contributed by atoms with Gasteiger partial charge in [0.2, 0.25) is 0 Å². The maximum atomic E-state index is 12.3. The summed E-state index contributed by atoms with van der Waals surface area (Å²) < 4.78 is 10.8. The minimum absolute atomic E-state index is 0.0197. The summed E-state index contributed by atoms with van der Waals surface area (Å²) >= 11 is 0. The summed E-state index contributed by atoms with van der Waals surface area (Å²) in [6.45, 7) is 10.0. The number of amides is 2. The number of morpholine rings is 1. The molecule has 154 valence electrons. The van der Waals surface area contributed by atoms with E-state index in [1.165, 1.54) is 0 Å². The third-order valence-electron chi connectivity index (χ3n) is 5.13. The first-order valence-corrected chi connectivity index (χ1v) is 10.1. The molecule has 8 nitrogen and oxygen atoms in total. The van der Waals surface area contributed by atoms with Crippen molar-refractivity contribution in [1.82, 2.24) is 20.2 Å². The first kappa shape index (κ1) is 20.5. The quantitative estimate of drug-likeness (QED) is 0.539. The summed E-state index contributed by atoms with van der Waals surface area (Å²) in [6, 6.07) is 1.95. The van der Waals surface area contributed by atoms with Crippen molar-refractivity contribution in [3.05, 3.63) is 30.7 Å². The fraction of sp³-hybridized carbons (Fsp3) is 0.650. The summed E-state index contributed by atoms with van der Waals surface area (Å²) in [7, 11) is 0. The number of piperidine rings is 1. The zero-order chi connectivity index (χ0) is 19.6. The number of anilines is 1. The molecule has 0 aromatic carbocycles. The highest BCUT2D eigenvalue weighted by molar-refractivity contribution is 5.74. The number of rotatable bonds is 8. The minimum Gasteiger partial charge on any atom is -0.379 e. The van der Waals surface area contributed by atoms with Gasteiger partial charge in [0.1, 0.15) is 11.6 Å². The van der Waals surface area contributed by atoms with Crippen LogP contribution in [-0.2, 0) is 9.47 Å². The summed E-state index contributed by atoms with van der Waals surface area (Å²) in [5, 5.41) is 2.92. The van der Waals surface area contributed by atoms with E-state index in [9.17, 15) is 4.79 Å². The SMILES string of the molecule is C=CCCOCCNC(=O)N1CCC(c2nccc(N3CCOCC3)n2)CC1. The van der Waals surface area contributed by atoms with Crippen LogP contribution in [0.25, 0.3) is 0 Å². The molecular weight excluding hydrogens is 358 g/mol. The zero-order valence-corrected chi connectivity index (χ0v) is 16.5. The normalized spacial score (nSPS) is 18.1. The van der Waals surface area contributed by atoms with Gasteiger partial charge in [-0.05, 0) is 25.3 Å². The number of carbonyl (C=O) groups is 1. The van der Waals surface area contributed by atoms with Crippen LogP contribution in [0.5, 0.6) is 0 Å². The van der Waals surface area contributed by atoms with Gasteiger partial charge in [0.25, 0.3) is 0 Å². The number of nitrogens with one attached hydrogen (secondary N) is 1. The number of hydrogen-bond acceptors (Lipinski definition) is 6. The zero-order valence-electron chi connectivity index (χ0n) is 16.5. The highest BCUT2D eigenvalue weighted by atomic mass is 16.5. The second-order valence-corrected chi connectivity index (χ2v) is 7.06. The van der Waals surface area contributed by atoms with Gasteiger partial charge in [0.05, 0.1) is 26.4 Å². The summed E-state index contributed by atoms with van der Waals surface area (Å²) in [6.07, 6.45) is 6.27. The van der Waals surface area contributed by atoms with Crippen LogP contribution in [0.1, 0.15) is 31.0 Å². The molecule has 2 fully saturated rings. The maximum absolute atomic E-state index is 12.3. The van der Waals surface area contributed by atoms with Crippen LogP contribution >= 0.6 is 0 Å². The average molecular weight is 390 g/mol. The second-order valence-electron chi connectivity index (χ2n) is 7.06. The molecule has 2 aliphatic rings. The van der Waals surface area contributed by atoms with E-state index in [1.54, 1.807) is 0 Å². The molecular formula is C20H31N5O3. The average Bonchev–Trinajstić information content (AvgIpc) is 2.77. The Morgan fingerprint density at radius 3 is 2.82 bits per heavy atom. The molecule has 1 N–H and O–H groups in total. The van der Waals surface area contributed by atoms with Gasteiger partial charge < -0.3 is 24.6 Å². The molecule has 8 heteroatoms. The van der Waals surface area contributed by atoms with Gasteiger partial charge in [-0.15, -0.1) is 6.58 Å². The van der Waals surface area contributed by atoms with E-state index in [0.717, 1.165) is 70.3 Å². The van der Waals surface area contributed by atoms with Gasteiger partial charge in [-0.1, -0.05) is 6.08 Å². The third-order valence-corrected chi connectivity index (χ3v) is 5.13. The van der Waals surface area contributed by atoms with Crippen LogP contribution in [-0.4, -0.2) is 80.1 Å². The van der Waals surface area contributed by atoms with E-state index < -0.39 is 0 Å². The molecule has 3 heterocycles. The lowest BCUT2D eigenvalue weighted by Crippen LogP contribution is -2.45.